The van der Waals surface area contributed by atoms with Crippen LogP contribution in [0.25, 0.3) is 10.2 Å². The van der Waals surface area contributed by atoms with Crippen LogP contribution < -0.4 is 9.54 Å². The van der Waals surface area contributed by atoms with E-state index in [1.165, 1.54) is 39.9 Å². The van der Waals surface area contributed by atoms with Gasteiger partial charge in [-0.15, -0.1) is 0 Å². The summed E-state index contributed by atoms with van der Waals surface area (Å²) in [5.41, 5.74) is 1.22. The number of sulfonamides is 1. The van der Waals surface area contributed by atoms with Crippen molar-refractivity contribution >= 4 is 37.5 Å². The van der Waals surface area contributed by atoms with E-state index in [0.717, 1.165) is 28.8 Å². The second-order valence-corrected chi connectivity index (χ2v) is 10.2. The van der Waals surface area contributed by atoms with E-state index in [2.05, 4.69) is 4.99 Å². The van der Waals surface area contributed by atoms with Crippen molar-refractivity contribution in [3.05, 3.63) is 52.8 Å². The first-order valence-electron chi connectivity index (χ1n) is 10.2. The topological polar surface area (TPSA) is 81.0 Å². The van der Waals surface area contributed by atoms with Crippen LogP contribution in [0.5, 0.6) is 5.75 Å². The van der Waals surface area contributed by atoms with Crippen LogP contribution in [0.3, 0.4) is 0 Å². The predicted octanol–water partition coefficient (Wildman–Crippen LogP) is 3.80. The Morgan fingerprint density at radius 2 is 1.87 bits per heavy atom. The number of carbonyl (C=O) groups excluding carboxylic acids is 1. The zero-order chi connectivity index (χ0) is 22.6. The number of ether oxygens (including phenoxy) is 1. The Morgan fingerprint density at radius 1 is 1.16 bits per heavy atom. The summed E-state index contributed by atoms with van der Waals surface area (Å²) in [5, 5.41) is 0. The third kappa shape index (κ3) is 4.89. The summed E-state index contributed by atoms with van der Waals surface area (Å²) >= 11 is 1.40. The van der Waals surface area contributed by atoms with E-state index in [9.17, 15) is 13.2 Å². The molecule has 0 aliphatic carbocycles. The minimum Gasteiger partial charge on any atom is -0.492 e. The molecule has 1 heterocycles. The molecule has 0 spiro atoms. The van der Waals surface area contributed by atoms with Gasteiger partial charge in [-0.1, -0.05) is 30.7 Å². The Morgan fingerprint density at radius 3 is 2.52 bits per heavy atom. The lowest BCUT2D eigenvalue weighted by atomic mass is 10.2. The van der Waals surface area contributed by atoms with Crippen LogP contribution in [0.4, 0.5) is 0 Å². The second-order valence-electron chi connectivity index (χ2n) is 7.10. The van der Waals surface area contributed by atoms with E-state index in [4.69, 9.17) is 4.74 Å². The fourth-order valence-corrected chi connectivity index (χ4v) is 5.39. The summed E-state index contributed by atoms with van der Waals surface area (Å²) in [4.78, 5) is 17.7. The fourth-order valence-electron chi connectivity index (χ4n) is 3.15. The molecule has 1 aromatic heterocycles. The number of nitrogens with zero attached hydrogens (tertiary/aromatic N) is 3. The predicted molar refractivity (Wildman–Crippen MR) is 123 cm³/mol. The smallest absolute Gasteiger partial charge is 0.279 e. The summed E-state index contributed by atoms with van der Waals surface area (Å²) < 4.78 is 35.1. The van der Waals surface area contributed by atoms with Crippen LogP contribution in [-0.2, 0) is 17.1 Å². The van der Waals surface area contributed by atoms with Gasteiger partial charge < -0.3 is 9.30 Å². The average molecular weight is 462 g/mol. The molecule has 0 N–H and O–H groups in total. The number of hydrogen-bond acceptors (Lipinski definition) is 5. The molecule has 0 unspecified atom stereocenters. The Balaban J connectivity index is 1.90. The molecule has 166 valence electrons. The number of amides is 1. The molecule has 0 fully saturated rings. The Kier molecular flexibility index (Phi) is 7.30. The number of fused-ring (bicyclic) bond motifs is 1. The monoisotopic (exact) mass is 461 g/mol. The van der Waals surface area contributed by atoms with Gasteiger partial charge in [0.25, 0.3) is 5.91 Å². The molecule has 1 amide bonds. The molecule has 0 radical (unpaired) electrons. The molecule has 0 atom stereocenters. The highest BCUT2D eigenvalue weighted by Crippen LogP contribution is 2.27. The van der Waals surface area contributed by atoms with Crippen molar-refractivity contribution in [1.29, 1.82) is 0 Å². The molecule has 0 aliphatic heterocycles. The van der Waals surface area contributed by atoms with Crippen molar-refractivity contribution in [3.63, 3.8) is 0 Å². The summed E-state index contributed by atoms with van der Waals surface area (Å²) in [6, 6.07) is 11.7. The van der Waals surface area contributed by atoms with E-state index in [0.29, 0.717) is 23.5 Å². The number of aryl methyl sites for hydroxylation is 1. The number of benzene rings is 2. The van der Waals surface area contributed by atoms with E-state index < -0.39 is 15.9 Å². The van der Waals surface area contributed by atoms with Gasteiger partial charge >= 0.3 is 0 Å². The zero-order valence-electron chi connectivity index (χ0n) is 18.2. The highest BCUT2D eigenvalue weighted by atomic mass is 32.2. The molecule has 0 aliphatic rings. The molecule has 7 nitrogen and oxygen atoms in total. The standard InChI is InChI=1S/C22H27N3O4S2/c1-5-7-15-24(3)31(27,28)17-13-11-16(12-14-17)21(26)23-22-25(4)20-18(29-6-2)9-8-10-19(20)30-22/h8-14H,5-7,15H2,1-4H3. The summed E-state index contributed by atoms with van der Waals surface area (Å²) in [7, 11) is -0.162. The molecule has 3 aromatic rings. The maximum absolute atomic E-state index is 12.7. The summed E-state index contributed by atoms with van der Waals surface area (Å²) in [5.74, 6) is 0.317. The first-order chi connectivity index (χ1) is 14.8. The first-order valence-corrected chi connectivity index (χ1v) is 12.4. The number of hydrogen-bond donors (Lipinski definition) is 0. The van der Waals surface area contributed by atoms with Crippen molar-refractivity contribution in [2.45, 2.75) is 31.6 Å². The van der Waals surface area contributed by atoms with Crippen LogP contribution in [-0.4, -0.2) is 43.4 Å². The lowest BCUT2D eigenvalue weighted by Crippen LogP contribution is -2.27. The molecule has 0 bridgehead atoms. The maximum Gasteiger partial charge on any atom is 0.279 e. The van der Waals surface area contributed by atoms with Gasteiger partial charge in [0.2, 0.25) is 10.0 Å². The van der Waals surface area contributed by atoms with E-state index in [1.807, 2.05) is 43.7 Å². The highest BCUT2D eigenvalue weighted by Gasteiger charge is 2.20. The van der Waals surface area contributed by atoms with Gasteiger partial charge in [0.1, 0.15) is 11.3 Å². The van der Waals surface area contributed by atoms with Crippen molar-refractivity contribution in [2.75, 3.05) is 20.2 Å². The van der Waals surface area contributed by atoms with Gasteiger partial charge in [0.15, 0.2) is 4.80 Å². The fraction of sp³-hybridized carbons (Fsp3) is 0.364. The average Bonchev–Trinajstić information content (AvgIpc) is 3.08. The summed E-state index contributed by atoms with van der Waals surface area (Å²) in [6.07, 6.45) is 1.71. The Labute approximate surface area is 186 Å². The Bertz CT molecular complexity index is 1240. The third-order valence-electron chi connectivity index (χ3n) is 4.92. The number of aromatic nitrogens is 1. The molecule has 0 saturated heterocycles. The number of para-hydroxylation sites is 1. The number of carbonyl (C=O) groups is 1. The van der Waals surface area contributed by atoms with Gasteiger partial charge in [-0.05, 0) is 49.7 Å². The van der Waals surface area contributed by atoms with Crippen molar-refractivity contribution in [3.8, 4) is 5.75 Å². The zero-order valence-corrected chi connectivity index (χ0v) is 19.8. The van der Waals surface area contributed by atoms with Gasteiger partial charge in [0.05, 0.1) is 16.2 Å². The minimum absolute atomic E-state index is 0.163. The number of rotatable bonds is 8. The lowest BCUT2D eigenvalue weighted by Gasteiger charge is -2.16. The van der Waals surface area contributed by atoms with Crippen LogP contribution in [0, 0.1) is 0 Å². The summed E-state index contributed by atoms with van der Waals surface area (Å²) in [6.45, 7) is 4.94. The van der Waals surface area contributed by atoms with Gasteiger partial charge in [-0.3, -0.25) is 4.79 Å². The van der Waals surface area contributed by atoms with E-state index >= 15 is 0 Å². The highest BCUT2D eigenvalue weighted by molar-refractivity contribution is 7.89. The van der Waals surface area contributed by atoms with Crippen LogP contribution in [0.15, 0.2) is 52.4 Å². The third-order valence-corrected chi connectivity index (χ3v) is 7.89. The largest absolute Gasteiger partial charge is 0.492 e. The minimum atomic E-state index is -3.57. The van der Waals surface area contributed by atoms with Crippen molar-refractivity contribution < 1.29 is 17.9 Å². The lowest BCUT2D eigenvalue weighted by molar-refractivity contribution is 0.0998. The van der Waals surface area contributed by atoms with Crippen LogP contribution in [0.1, 0.15) is 37.0 Å². The Hall–Kier alpha value is -2.49. The SMILES string of the molecule is CCCCN(C)S(=O)(=O)c1ccc(C(=O)N=c2sc3cccc(OCC)c3n2C)cc1. The van der Waals surface area contributed by atoms with E-state index in [-0.39, 0.29) is 4.90 Å². The van der Waals surface area contributed by atoms with Gasteiger partial charge in [-0.25, -0.2) is 12.7 Å². The maximum atomic E-state index is 12.7. The molecular weight excluding hydrogens is 434 g/mol. The molecule has 2 aromatic carbocycles. The first kappa shape index (κ1) is 23.2. The molecule has 0 saturated carbocycles. The molecule has 3 rings (SSSR count). The van der Waals surface area contributed by atoms with Crippen molar-refractivity contribution in [1.82, 2.24) is 8.87 Å². The molecule has 9 heteroatoms. The van der Waals surface area contributed by atoms with Gasteiger partial charge in [0, 0.05) is 26.2 Å². The van der Waals surface area contributed by atoms with Crippen LogP contribution in [0.2, 0.25) is 0 Å². The second kappa shape index (κ2) is 9.76. The van der Waals surface area contributed by atoms with E-state index in [1.54, 1.807) is 7.05 Å². The molecular formula is C22H27N3O4S2. The molecule has 31 heavy (non-hydrogen) atoms. The quantitative estimate of drug-likeness (QED) is 0.511. The number of thiazole rings is 1. The van der Waals surface area contributed by atoms with Gasteiger partial charge in [-0.2, -0.15) is 4.99 Å². The van der Waals surface area contributed by atoms with Crippen molar-refractivity contribution in [2.24, 2.45) is 12.0 Å². The van der Waals surface area contributed by atoms with Crippen LogP contribution >= 0.6 is 11.3 Å². The normalized spacial score (nSPS) is 12.6. The number of unbranched alkanes of at least 4 members (excludes halogenated alkanes) is 1.